The fourth-order valence-electron chi connectivity index (χ4n) is 4.63. The molecular weight excluding hydrogens is 394 g/mol. The van der Waals surface area contributed by atoms with Crippen LogP contribution < -0.4 is 0 Å². The van der Waals surface area contributed by atoms with E-state index in [0.29, 0.717) is 6.42 Å². The van der Waals surface area contributed by atoms with Crippen LogP contribution in [0.1, 0.15) is 74.6 Å². The molecule has 1 saturated heterocycles. The zero-order valence-electron chi connectivity index (χ0n) is 19.9. The summed E-state index contributed by atoms with van der Waals surface area (Å²) >= 11 is 0. The minimum Gasteiger partial charge on any atom is -0.469 e. The highest BCUT2D eigenvalue weighted by molar-refractivity contribution is 5.94. The van der Waals surface area contributed by atoms with Crippen LogP contribution in [0, 0.1) is 0 Å². The molecule has 0 radical (unpaired) electrons. The number of hydrogen-bond donors (Lipinski definition) is 0. The summed E-state index contributed by atoms with van der Waals surface area (Å²) in [7, 11) is 1.46. The summed E-state index contributed by atoms with van der Waals surface area (Å²) in [4.78, 5) is 13.8. The summed E-state index contributed by atoms with van der Waals surface area (Å²) in [5.74, 6) is -0.0947. The first kappa shape index (κ1) is 24.0. The zero-order chi connectivity index (χ0) is 22.8. The van der Waals surface area contributed by atoms with Crippen molar-refractivity contribution in [3.05, 3.63) is 76.4 Å². The molecule has 0 spiro atoms. The molecule has 0 aromatic heterocycles. The number of rotatable bonds is 6. The minimum absolute atomic E-state index is 0.0947. The van der Waals surface area contributed by atoms with Gasteiger partial charge in [0, 0.05) is 19.5 Å². The molecule has 0 unspecified atom stereocenters. The predicted octanol–water partition coefficient (Wildman–Crippen LogP) is 6.83. The SMILES string of the molecule is CC.COC(=O)CCCCCN1CCC(=C2c3ccccc3C=Cc3ccccc32)CC1. The van der Waals surface area contributed by atoms with Gasteiger partial charge in [0.2, 0.25) is 0 Å². The van der Waals surface area contributed by atoms with Gasteiger partial charge in [0.05, 0.1) is 7.11 Å². The van der Waals surface area contributed by atoms with Crippen molar-refractivity contribution in [2.45, 2.75) is 52.4 Å². The highest BCUT2D eigenvalue weighted by atomic mass is 16.5. The van der Waals surface area contributed by atoms with E-state index < -0.39 is 0 Å². The van der Waals surface area contributed by atoms with E-state index in [9.17, 15) is 4.79 Å². The van der Waals surface area contributed by atoms with E-state index in [4.69, 9.17) is 4.74 Å². The number of unbranched alkanes of at least 4 members (excludes halogenated alkanes) is 2. The second kappa shape index (κ2) is 12.4. The Kier molecular flexibility index (Phi) is 9.30. The van der Waals surface area contributed by atoms with Crippen LogP contribution in [-0.4, -0.2) is 37.6 Å². The third-order valence-electron chi connectivity index (χ3n) is 6.30. The lowest BCUT2D eigenvalue weighted by atomic mass is 9.86. The second-order valence-electron chi connectivity index (χ2n) is 8.21. The normalized spacial score (nSPS) is 15.2. The van der Waals surface area contributed by atoms with Crippen LogP contribution in [0.2, 0.25) is 0 Å². The standard InChI is InChI=1S/C27H31NO2.C2H6/c1-30-26(29)13-3-2-8-18-28-19-16-23(17-20-28)27-24-11-6-4-9-21(24)14-15-22-10-5-7-12-25(22)27;1-2/h4-7,9-12,14-15H,2-3,8,13,16-20H2,1H3;1-2H3. The van der Waals surface area contributed by atoms with Gasteiger partial charge in [-0.05, 0) is 60.1 Å². The molecule has 2 aliphatic rings. The summed E-state index contributed by atoms with van der Waals surface area (Å²) in [6.45, 7) is 7.36. The molecule has 3 nitrogen and oxygen atoms in total. The maximum Gasteiger partial charge on any atom is 0.305 e. The fraction of sp³-hybridized carbons (Fsp3) is 0.414. The number of carbonyl (C=O) groups is 1. The lowest BCUT2D eigenvalue weighted by Gasteiger charge is -2.30. The molecule has 0 atom stereocenters. The zero-order valence-corrected chi connectivity index (χ0v) is 19.9. The Balaban J connectivity index is 0.00000141. The van der Waals surface area contributed by atoms with E-state index in [0.717, 1.165) is 51.7 Å². The third-order valence-corrected chi connectivity index (χ3v) is 6.30. The maximum atomic E-state index is 11.2. The fourth-order valence-corrected chi connectivity index (χ4v) is 4.63. The predicted molar refractivity (Wildman–Crippen MR) is 135 cm³/mol. The first-order chi connectivity index (χ1) is 15.8. The quantitative estimate of drug-likeness (QED) is 0.316. The lowest BCUT2D eigenvalue weighted by molar-refractivity contribution is -0.140. The summed E-state index contributed by atoms with van der Waals surface area (Å²) in [6.07, 6.45) is 10.5. The van der Waals surface area contributed by atoms with E-state index >= 15 is 0 Å². The van der Waals surface area contributed by atoms with E-state index in [2.05, 4.69) is 65.6 Å². The Morgan fingerprint density at radius 1 is 0.844 bits per heavy atom. The van der Waals surface area contributed by atoms with Crippen LogP contribution in [0.3, 0.4) is 0 Å². The Morgan fingerprint density at radius 2 is 1.41 bits per heavy atom. The van der Waals surface area contributed by atoms with Gasteiger partial charge in [-0.1, -0.05) is 86.5 Å². The topological polar surface area (TPSA) is 29.5 Å². The van der Waals surface area contributed by atoms with E-state index in [-0.39, 0.29) is 5.97 Å². The van der Waals surface area contributed by atoms with Gasteiger partial charge in [0.25, 0.3) is 0 Å². The maximum absolute atomic E-state index is 11.2. The number of nitrogens with zero attached hydrogens (tertiary/aromatic N) is 1. The average Bonchev–Trinajstić information content (AvgIpc) is 3.02. The van der Waals surface area contributed by atoms with Gasteiger partial charge in [0.15, 0.2) is 0 Å². The Labute approximate surface area is 193 Å². The van der Waals surface area contributed by atoms with Crippen LogP contribution in [0.15, 0.2) is 54.1 Å². The molecule has 1 fully saturated rings. The van der Waals surface area contributed by atoms with Gasteiger partial charge >= 0.3 is 5.97 Å². The molecule has 0 amide bonds. The molecule has 0 bridgehead atoms. The number of fused-ring (bicyclic) bond motifs is 2. The molecule has 1 aliphatic carbocycles. The van der Waals surface area contributed by atoms with Gasteiger partial charge in [0.1, 0.15) is 0 Å². The number of carbonyl (C=O) groups excluding carboxylic acids is 1. The molecule has 1 heterocycles. The van der Waals surface area contributed by atoms with Crippen molar-refractivity contribution in [1.82, 2.24) is 4.90 Å². The number of benzene rings is 2. The van der Waals surface area contributed by atoms with Gasteiger partial charge in [-0.3, -0.25) is 4.79 Å². The van der Waals surface area contributed by atoms with E-state index in [1.54, 1.807) is 5.57 Å². The molecule has 3 heteroatoms. The molecule has 170 valence electrons. The van der Waals surface area contributed by atoms with Crippen molar-refractivity contribution in [3.63, 3.8) is 0 Å². The van der Waals surface area contributed by atoms with Crippen molar-refractivity contribution in [3.8, 4) is 0 Å². The number of hydrogen-bond acceptors (Lipinski definition) is 3. The van der Waals surface area contributed by atoms with Crippen molar-refractivity contribution in [2.24, 2.45) is 0 Å². The Hall–Kier alpha value is -2.65. The number of methoxy groups -OCH3 is 1. The van der Waals surface area contributed by atoms with E-state index in [1.165, 1.54) is 34.9 Å². The Bertz CT molecular complexity index is 896. The summed E-state index contributed by atoms with van der Waals surface area (Å²) in [6, 6.07) is 17.6. The molecule has 2 aromatic carbocycles. The Morgan fingerprint density at radius 3 is 1.97 bits per heavy atom. The van der Waals surface area contributed by atoms with Gasteiger partial charge in [-0.2, -0.15) is 0 Å². The van der Waals surface area contributed by atoms with Crippen LogP contribution in [0.4, 0.5) is 0 Å². The molecular formula is C29H37NO2. The lowest BCUT2D eigenvalue weighted by Crippen LogP contribution is -2.32. The van der Waals surface area contributed by atoms with Gasteiger partial charge in [-0.15, -0.1) is 0 Å². The number of piperidine rings is 1. The number of likely N-dealkylation sites (tertiary alicyclic amines) is 1. The van der Waals surface area contributed by atoms with Gasteiger partial charge < -0.3 is 9.64 Å². The summed E-state index contributed by atoms with van der Waals surface area (Å²) in [5.41, 5.74) is 8.38. The first-order valence-corrected chi connectivity index (χ1v) is 12.1. The molecule has 4 rings (SSSR count). The third kappa shape index (κ3) is 5.98. The van der Waals surface area contributed by atoms with Crippen molar-refractivity contribution in [2.75, 3.05) is 26.7 Å². The van der Waals surface area contributed by atoms with Crippen LogP contribution in [0.25, 0.3) is 17.7 Å². The van der Waals surface area contributed by atoms with E-state index in [1.807, 2.05) is 13.8 Å². The largest absolute Gasteiger partial charge is 0.469 e. The number of ether oxygens (including phenoxy) is 1. The minimum atomic E-state index is -0.0947. The number of esters is 1. The average molecular weight is 432 g/mol. The van der Waals surface area contributed by atoms with Crippen LogP contribution in [-0.2, 0) is 9.53 Å². The monoisotopic (exact) mass is 431 g/mol. The van der Waals surface area contributed by atoms with Crippen LogP contribution >= 0.6 is 0 Å². The molecule has 0 saturated carbocycles. The summed E-state index contributed by atoms with van der Waals surface area (Å²) in [5, 5.41) is 0. The highest BCUT2D eigenvalue weighted by Crippen LogP contribution is 2.38. The smallest absolute Gasteiger partial charge is 0.305 e. The van der Waals surface area contributed by atoms with Crippen molar-refractivity contribution in [1.29, 1.82) is 0 Å². The molecule has 2 aromatic rings. The van der Waals surface area contributed by atoms with Gasteiger partial charge in [-0.25, -0.2) is 0 Å². The molecule has 1 aliphatic heterocycles. The molecule has 32 heavy (non-hydrogen) atoms. The highest BCUT2D eigenvalue weighted by Gasteiger charge is 2.22. The van der Waals surface area contributed by atoms with Crippen molar-refractivity contribution < 1.29 is 9.53 Å². The first-order valence-electron chi connectivity index (χ1n) is 12.1. The molecule has 0 N–H and O–H groups in total. The van der Waals surface area contributed by atoms with Crippen LogP contribution in [0.5, 0.6) is 0 Å². The second-order valence-corrected chi connectivity index (χ2v) is 8.21. The summed E-state index contributed by atoms with van der Waals surface area (Å²) < 4.78 is 4.72. The van der Waals surface area contributed by atoms with Crippen molar-refractivity contribution >= 4 is 23.7 Å².